The van der Waals surface area contributed by atoms with Crippen LogP contribution in [0.5, 0.6) is 0 Å². The van der Waals surface area contributed by atoms with E-state index in [1.807, 2.05) is 0 Å². The van der Waals surface area contributed by atoms with Gasteiger partial charge in [-0.05, 0) is 61.8 Å². The van der Waals surface area contributed by atoms with Gasteiger partial charge in [-0.25, -0.2) is 4.68 Å². The molecule has 0 amide bonds. The van der Waals surface area contributed by atoms with Crippen molar-refractivity contribution in [2.75, 3.05) is 25.0 Å². The number of piperidine rings is 1. The van der Waals surface area contributed by atoms with E-state index in [9.17, 15) is 0 Å². The number of aromatic nitrogens is 2. The highest BCUT2D eigenvalue weighted by Crippen LogP contribution is 2.37. The number of fused-ring (bicyclic) bond motifs is 1. The molecule has 1 N–H and O–H groups in total. The van der Waals surface area contributed by atoms with Gasteiger partial charge in [0.2, 0.25) is 0 Å². The third-order valence-corrected chi connectivity index (χ3v) is 7.09. The molecule has 4 nitrogen and oxygen atoms in total. The monoisotopic (exact) mass is 428 g/mol. The molecular formula is C28H36N4. The molecule has 1 atom stereocenters. The molecule has 3 aromatic rings. The molecule has 2 aliphatic heterocycles. The summed E-state index contributed by atoms with van der Waals surface area (Å²) >= 11 is 0. The molecule has 168 valence electrons. The molecule has 1 aromatic heterocycles. The molecule has 2 aromatic carbocycles. The number of para-hydroxylation sites is 1. The lowest BCUT2D eigenvalue weighted by molar-refractivity contribution is 0.198. The van der Waals surface area contributed by atoms with E-state index in [0.29, 0.717) is 11.8 Å². The van der Waals surface area contributed by atoms with Crippen LogP contribution in [0, 0.1) is 0 Å². The topological polar surface area (TPSA) is 33.1 Å². The average molecular weight is 429 g/mol. The summed E-state index contributed by atoms with van der Waals surface area (Å²) in [7, 11) is 0. The van der Waals surface area contributed by atoms with E-state index in [2.05, 4.69) is 83.3 Å². The fourth-order valence-corrected chi connectivity index (χ4v) is 5.46. The first kappa shape index (κ1) is 21.3. The number of rotatable bonds is 5. The van der Waals surface area contributed by atoms with E-state index in [-0.39, 0.29) is 0 Å². The van der Waals surface area contributed by atoms with E-state index in [1.165, 1.54) is 66.1 Å². The Hall–Kier alpha value is -2.59. The number of nitrogens with one attached hydrogen (secondary N) is 1. The van der Waals surface area contributed by atoms with Crippen LogP contribution in [0.25, 0.3) is 5.69 Å². The first-order valence-electron chi connectivity index (χ1n) is 12.4. The Morgan fingerprint density at radius 2 is 1.81 bits per heavy atom. The summed E-state index contributed by atoms with van der Waals surface area (Å²) < 4.78 is 2.24. The number of nitrogens with zero attached hydrogens (tertiary/aromatic N) is 3. The second kappa shape index (κ2) is 9.50. The van der Waals surface area contributed by atoms with Crippen LogP contribution < -0.4 is 5.32 Å². The standard InChI is InChI=1S/C28H36N4/c1-21(2)24-14-6-7-16-26(24)32-28-25(15-8-9-17-29-28)27(30-32)23-13-10-18-31(20-23)19-22-11-4-3-5-12-22/h3-7,11-12,14,16,21,23,29H,8-10,13,15,17-20H2,1-2H3. The molecule has 0 bridgehead atoms. The van der Waals surface area contributed by atoms with Crippen LogP contribution in [0.2, 0.25) is 0 Å². The molecule has 0 spiro atoms. The fraction of sp³-hybridized carbons (Fsp3) is 0.464. The van der Waals surface area contributed by atoms with Crippen molar-refractivity contribution in [3.63, 3.8) is 0 Å². The molecule has 1 fully saturated rings. The van der Waals surface area contributed by atoms with Crippen molar-refractivity contribution in [3.8, 4) is 5.69 Å². The van der Waals surface area contributed by atoms with Crippen LogP contribution in [0.4, 0.5) is 5.82 Å². The van der Waals surface area contributed by atoms with E-state index >= 15 is 0 Å². The summed E-state index contributed by atoms with van der Waals surface area (Å²) in [6.07, 6.45) is 6.09. The lowest BCUT2D eigenvalue weighted by Gasteiger charge is -2.32. The molecule has 2 aliphatic rings. The lowest BCUT2D eigenvalue weighted by atomic mass is 9.91. The maximum atomic E-state index is 5.34. The van der Waals surface area contributed by atoms with Gasteiger partial charge in [0.05, 0.1) is 11.4 Å². The number of benzene rings is 2. The van der Waals surface area contributed by atoms with Crippen molar-refractivity contribution in [3.05, 3.63) is 77.0 Å². The molecule has 3 heterocycles. The molecule has 1 saturated heterocycles. The number of likely N-dealkylation sites (tertiary alicyclic amines) is 1. The zero-order valence-electron chi connectivity index (χ0n) is 19.6. The van der Waals surface area contributed by atoms with Gasteiger partial charge in [0.25, 0.3) is 0 Å². The minimum Gasteiger partial charge on any atom is -0.370 e. The van der Waals surface area contributed by atoms with Gasteiger partial charge in [-0.1, -0.05) is 62.4 Å². The van der Waals surface area contributed by atoms with Gasteiger partial charge in [-0.3, -0.25) is 4.90 Å². The van der Waals surface area contributed by atoms with Crippen LogP contribution in [-0.4, -0.2) is 34.3 Å². The zero-order valence-corrected chi connectivity index (χ0v) is 19.6. The largest absolute Gasteiger partial charge is 0.370 e. The van der Waals surface area contributed by atoms with Crippen molar-refractivity contribution < 1.29 is 0 Å². The highest BCUT2D eigenvalue weighted by Gasteiger charge is 2.30. The Kier molecular flexibility index (Phi) is 6.31. The molecule has 4 heteroatoms. The van der Waals surface area contributed by atoms with Crippen molar-refractivity contribution in [1.29, 1.82) is 0 Å². The second-order valence-electron chi connectivity index (χ2n) is 9.78. The highest BCUT2D eigenvalue weighted by atomic mass is 15.3. The molecule has 0 saturated carbocycles. The van der Waals surface area contributed by atoms with Crippen LogP contribution in [0.3, 0.4) is 0 Å². The van der Waals surface area contributed by atoms with Gasteiger partial charge in [0.15, 0.2) is 0 Å². The van der Waals surface area contributed by atoms with Gasteiger partial charge in [0, 0.05) is 31.1 Å². The average Bonchev–Trinajstić information content (AvgIpc) is 3.00. The fourth-order valence-electron chi connectivity index (χ4n) is 5.46. The number of anilines is 1. The number of hydrogen-bond donors (Lipinski definition) is 1. The molecule has 0 aliphatic carbocycles. The molecule has 5 rings (SSSR count). The van der Waals surface area contributed by atoms with Gasteiger partial charge >= 0.3 is 0 Å². The van der Waals surface area contributed by atoms with Gasteiger partial charge in [-0.15, -0.1) is 0 Å². The van der Waals surface area contributed by atoms with Crippen molar-refractivity contribution in [2.24, 2.45) is 0 Å². The van der Waals surface area contributed by atoms with E-state index in [0.717, 1.165) is 26.1 Å². The van der Waals surface area contributed by atoms with Crippen molar-refractivity contribution >= 4 is 5.82 Å². The number of hydrogen-bond acceptors (Lipinski definition) is 3. The van der Waals surface area contributed by atoms with Gasteiger partial charge in [-0.2, -0.15) is 5.10 Å². The predicted molar refractivity (Wildman–Crippen MR) is 133 cm³/mol. The SMILES string of the molecule is CC(C)c1ccccc1-n1nc(C2CCCN(Cc3ccccc3)C2)c2c1NCCCC2. The van der Waals surface area contributed by atoms with Crippen LogP contribution >= 0.6 is 0 Å². The summed E-state index contributed by atoms with van der Waals surface area (Å²) in [5.74, 6) is 2.22. The minimum atomic E-state index is 0.469. The van der Waals surface area contributed by atoms with Gasteiger partial charge in [0.1, 0.15) is 5.82 Å². The quantitative estimate of drug-likeness (QED) is 0.531. The van der Waals surface area contributed by atoms with Crippen molar-refractivity contribution in [2.45, 2.75) is 64.3 Å². The Morgan fingerprint density at radius 1 is 1.00 bits per heavy atom. The summed E-state index contributed by atoms with van der Waals surface area (Å²) in [6, 6.07) is 19.7. The van der Waals surface area contributed by atoms with Crippen LogP contribution in [-0.2, 0) is 13.0 Å². The first-order valence-corrected chi connectivity index (χ1v) is 12.4. The molecule has 0 radical (unpaired) electrons. The minimum absolute atomic E-state index is 0.469. The van der Waals surface area contributed by atoms with Crippen LogP contribution in [0.15, 0.2) is 54.6 Å². The van der Waals surface area contributed by atoms with Gasteiger partial charge < -0.3 is 5.32 Å². The molecule has 1 unspecified atom stereocenters. The third-order valence-electron chi connectivity index (χ3n) is 7.09. The third kappa shape index (κ3) is 4.33. The first-order chi connectivity index (χ1) is 15.7. The van der Waals surface area contributed by atoms with E-state index < -0.39 is 0 Å². The predicted octanol–water partition coefficient (Wildman–Crippen LogP) is 6.12. The maximum absolute atomic E-state index is 5.34. The smallest absolute Gasteiger partial charge is 0.133 e. The normalized spacial score (nSPS) is 19.4. The highest BCUT2D eigenvalue weighted by molar-refractivity contribution is 5.57. The molecule has 32 heavy (non-hydrogen) atoms. The Balaban J connectivity index is 1.49. The Bertz CT molecular complexity index is 1040. The second-order valence-corrected chi connectivity index (χ2v) is 9.78. The summed E-state index contributed by atoms with van der Waals surface area (Å²) in [6.45, 7) is 8.91. The summed E-state index contributed by atoms with van der Waals surface area (Å²) in [5.41, 5.74) is 6.81. The van der Waals surface area contributed by atoms with E-state index in [1.54, 1.807) is 0 Å². The summed E-state index contributed by atoms with van der Waals surface area (Å²) in [5, 5.41) is 9.10. The Labute approximate surface area is 192 Å². The molecular weight excluding hydrogens is 392 g/mol. The Morgan fingerprint density at radius 3 is 2.66 bits per heavy atom. The summed E-state index contributed by atoms with van der Waals surface area (Å²) in [4.78, 5) is 2.63. The van der Waals surface area contributed by atoms with E-state index in [4.69, 9.17) is 5.10 Å². The lowest BCUT2D eigenvalue weighted by Crippen LogP contribution is -2.34. The van der Waals surface area contributed by atoms with Crippen LogP contribution in [0.1, 0.15) is 73.8 Å². The maximum Gasteiger partial charge on any atom is 0.133 e. The zero-order chi connectivity index (χ0) is 21.9. The van der Waals surface area contributed by atoms with Crippen molar-refractivity contribution in [1.82, 2.24) is 14.7 Å².